The Hall–Kier alpha value is -0.0500. The first-order chi connectivity index (χ1) is 8.63. The Morgan fingerprint density at radius 2 is 2.00 bits per heavy atom. The lowest BCUT2D eigenvalue weighted by atomic mass is 10.0. The Morgan fingerprint density at radius 1 is 1.40 bits per heavy atom. The van der Waals surface area contributed by atoms with Crippen molar-refractivity contribution in [2.24, 2.45) is 16.6 Å². The molecule has 1 rings (SSSR count). The third kappa shape index (κ3) is 5.75. The summed E-state index contributed by atoms with van der Waals surface area (Å²) in [5.74, 6) is 1.16. The minimum Gasteiger partial charge on any atom is -0.370 e. The molecule has 1 unspecified atom stereocenters. The minimum absolute atomic E-state index is 0. The minimum atomic E-state index is -3.12. The van der Waals surface area contributed by atoms with E-state index in [1.54, 1.807) is 20.8 Å². The summed E-state index contributed by atoms with van der Waals surface area (Å²) in [7, 11) is -3.12. The first kappa shape index (κ1) is 19.9. The van der Waals surface area contributed by atoms with Gasteiger partial charge in [-0.15, -0.1) is 24.0 Å². The number of hydrogen-bond donors (Lipinski definition) is 1. The number of piperidine rings is 1. The van der Waals surface area contributed by atoms with Gasteiger partial charge < -0.3 is 10.6 Å². The topological polar surface area (TPSA) is 75.8 Å². The molecule has 0 bridgehead atoms. The van der Waals surface area contributed by atoms with Crippen LogP contribution in [0.4, 0.5) is 0 Å². The Kier molecular flexibility index (Phi) is 7.80. The van der Waals surface area contributed by atoms with Crippen LogP contribution >= 0.6 is 24.0 Å². The normalized spacial score (nSPS) is 21.5. The van der Waals surface area contributed by atoms with Gasteiger partial charge in [-0.25, -0.2) is 8.42 Å². The molecular formula is C13H28IN3O2S. The van der Waals surface area contributed by atoms with E-state index in [0.29, 0.717) is 11.9 Å². The summed E-state index contributed by atoms with van der Waals surface area (Å²) in [6.07, 6.45) is 2.35. The molecule has 1 heterocycles. The molecule has 0 aromatic carbocycles. The van der Waals surface area contributed by atoms with Crippen molar-refractivity contribution in [1.82, 2.24) is 4.90 Å². The van der Waals surface area contributed by atoms with Gasteiger partial charge in [0.05, 0.1) is 17.0 Å². The van der Waals surface area contributed by atoms with E-state index in [9.17, 15) is 8.42 Å². The zero-order chi connectivity index (χ0) is 14.7. The lowest BCUT2D eigenvalue weighted by Gasteiger charge is -2.31. The van der Waals surface area contributed by atoms with Crippen LogP contribution in [0, 0.1) is 5.92 Å². The average Bonchev–Trinajstić information content (AvgIpc) is 2.27. The average molecular weight is 417 g/mol. The van der Waals surface area contributed by atoms with E-state index in [1.807, 2.05) is 0 Å². The van der Waals surface area contributed by atoms with Gasteiger partial charge in [-0.3, -0.25) is 4.99 Å². The molecule has 0 saturated carbocycles. The molecule has 0 radical (unpaired) electrons. The zero-order valence-electron chi connectivity index (χ0n) is 12.9. The Morgan fingerprint density at radius 3 is 2.50 bits per heavy atom. The van der Waals surface area contributed by atoms with Crippen molar-refractivity contribution in [2.45, 2.75) is 45.3 Å². The summed E-state index contributed by atoms with van der Waals surface area (Å²) in [6.45, 7) is 9.41. The molecule has 120 valence electrons. The predicted molar refractivity (Wildman–Crippen MR) is 95.4 cm³/mol. The molecule has 7 heteroatoms. The SMILES string of the molecule is CC1CCCN(C(N)=NCCS(=O)(=O)C(C)(C)C)C1.I. The predicted octanol–water partition coefficient (Wildman–Crippen LogP) is 1.86. The maximum atomic E-state index is 11.9. The van der Waals surface area contributed by atoms with Gasteiger partial charge in [-0.2, -0.15) is 0 Å². The van der Waals surface area contributed by atoms with E-state index in [4.69, 9.17) is 5.73 Å². The van der Waals surface area contributed by atoms with Crippen LogP contribution in [0.3, 0.4) is 0 Å². The summed E-state index contributed by atoms with van der Waals surface area (Å²) >= 11 is 0. The van der Waals surface area contributed by atoms with Crippen molar-refractivity contribution < 1.29 is 8.42 Å². The zero-order valence-corrected chi connectivity index (χ0v) is 16.1. The van der Waals surface area contributed by atoms with Gasteiger partial charge >= 0.3 is 0 Å². The third-order valence-electron chi connectivity index (χ3n) is 3.55. The van der Waals surface area contributed by atoms with Gasteiger partial charge in [0.1, 0.15) is 0 Å². The standard InChI is InChI=1S/C13H27N3O2S.HI/c1-11-6-5-8-16(10-11)12(14)15-7-9-19(17,18)13(2,3)4;/h11H,5-10H2,1-4H3,(H2,14,15);1H. The van der Waals surface area contributed by atoms with E-state index in [1.165, 1.54) is 6.42 Å². The summed E-state index contributed by atoms with van der Waals surface area (Å²) in [5.41, 5.74) is 5.93. The van der Waals surface area contributed by atoms with Crippen LogP contribution in [0.2, 0.25) is 0 Å². The van der Waals surface area contributed by atoms with Crippen LogP contribution in [-0.4, -0.2) is 49.4 Å². The number of nitrogens with zero attached hydrogens (tertiary/aromatic N) is 2. The lowest BCUT2D eigenvalue weighted by Crippen LogP contribution is -2.43. The highest BCUT2D eigenvalue weighted by atomic mass is 127. The molecule has 1 aliphatic rings. The lowest BCUT2D eigenvalue weighted by molar-refractivity contribution is 0.270. The van der Waals surface area contributed by atoms with Crippen LogP contribution in [0.25, 0.3) is 0 Å². The molecule has 0 aromatic rings. The number of sulfone groups is 1. The monoisotopic (exact) mass is 417 g/mol. The number of hydrogen-bond acceptors (Lipinski definition) is 3. The molecule has 1 fully saturated rings. The van der Waals surface area contributed by atoms with Crippen LogP contribution in [0.15, 0.2) is 4.99 Å². The van der Waals surface area contributed by atoms with Crippen molar-refractivity contribution >= 4 is 39.8 Å². The first-order valence-corrected chi connectivity index (χ1v) is 8.56. The van der Waals surface area contributed by atoms with Crippen LogP contribution in [0.1, 0.15) is 40.5 Å². The van der Waals surface area contributed by atoms with Crippen molar-refractivity contribution in [3.05, 3.63) is 0 Å². The van der Waals surface area contributed by atoms with Gasteiger partial charge in [0, 0.05) is 13.1 Å². The number of rotatable bonds is 3. The van der Waals surface area contributed by atoms with E-state index in [0.717, 1.165) is 19.5 Å². The maximum Gasteiger partial charge on any atom is 0.191 e. The van der Waals surface area contributed by atoms with E-state index in [-0.39, 0.29) is 36.3 Å². The fourth-order valence-corrected chi connectivity index (χ4v) is 3.03. The molecule has 20 heavy (non-hydrogen) atoms. The molecule has 0 aromatic heterocycles. The highest BCUT2D eigenvalue weighted by Crippen LogP contribution is 2.16. The van der Waals surface area contributed by atoms with E-state index in [2.05, 4.69) is 16.8 Å². The quantitative estimate of drug-likeness (QED) is 0.432. The highest BCUT2D eigenvalue weighted by Gasteiger charge is 2.28. The van der Waals surface area contributed by atoms with Gasteiger partial charge in [0.2, 0.25) is 0 Å². The third-order valence-corrected chi connectivity index (χ3v) is 6.13. The second kappa shape index (κ2) is 7.82. The number of halogens is 1. The number of aliphatic imine (C=N–C) groups is 1. The second-order valence-electron chi connectivity index (χ2n) is 6.36. The van der Waals surface area contributed by atoms with Crippen molar-refractivity contribution in [3.8, 4) is 0 Å². The largest absolute Gasteiger partial charge is 0.370 e. The Balaban J connectivity index is 0.00000361. The van der Waals surface area contributed by atoms with Crippen LogP contribution < -0.4 is 5.73 Å². The number of nitrogens with two attached hydrogens (primary N) is 1. The number of guanidine groups is 1. The summed E-state index contributed by atoms with van der Waals surface area (Å²) in [4.78, 5) is 6.28. The Labute approximate surface area is 140 Å². The van der Waals surface area contributed by atoms with Crippen molar-refractivity contribution in [2.75, 3.05) is 25.4 Å². The first-order valence-electron chi connectivity index (χ1n) is 6.90. The summed E-state index contributed by atoms with van der Waals surface area (Å²) < 4.78 is 23.2. The molecule has 0 amide bonds. The fourth-order valence-electron chi connectivity index (χ4n) is 2.08. The molecule has 0 aliphatic carbocycles. The molecule has 5 nitrogen and oxygen atoms in total. The molecule has 1 atom stereocenters. The Bertz CT molecular complexity index is 429. The molecule has 1 aliphatic heterocycles. The summed E-state index contributed by atoms with van der Waals surface area (Å²) in [6, 6.07) is 0. The highest BCUT2D eigenvalue weighted by molar-refractivity contribution is 14.0. The van der Waals surface area contributed by atoms with E-state index < -0.39 is 14.6 Å². The fraction of sp³-hybridized carbons (Fsp3) is 0.923. The van der Waals surface area contributed by atoms with E-state index >= 15 is 0 Å². The van der Waals surface area contributed by atoms with Crippen molar-refractivity contribution in [1.29, 1.82) is 0 Å². The van der Waals surface area contributed by atoms with Gasteiger partial charge in [0.15, 0.2) is 15.8 Å². The molecule has 0 spiro atoms. The van der Waals surface area contributed by atoms with Gasteiger partial charge in [-0.1, -0.05) is 6.92 Å². The van der Waals surface area contributed by atoms with Crippen LogP contribution in [-0.2, 0) is 9.84 Å². The number of likely N-dealkylation sites (tertiary alicyclic amines) is 1. The molecule has 1 saturated heterocycles. The molecule has 2 N–H and O–H groups in total. The van der Waals surface area contributed by atoms with Gasteiger partial charge in [0.25, 0.3) is 0 Å². The second-order valence-corrected chi connectivity index (χ2v) is 9.23. The summed E-state index contributed by atoms with van der Waals surface area (Å²) in [5, 5.41) is 0. The molecular weight excluding hydrogens is 389 g/mol. The van der Waals surface area contributed by atoms with Crippen LogP contribution in [0.5, 0.6) is 0 Å². The van der Waals surface area contributed by atoms with Crippen molar-refractivity contribution in [3.63, 3.8) is 0 Å². The maximum absolute atomic E-state index is 11.9. The smallest absolute Gasteiger partial charge is 0.191 e. The van der Waals surface area contributed by atoms with Gasteiger partial charge in [-0.05, 0) is 39.5 Å².